The number of hydrogen-bond acceptors (Lipinski definition) is 6. The van der Waals surface area contributed by atoms with Gasteiger partial charge in [-0.3, -0.25) is 0 Å². The lowest BCUT2D eigenvalue weighted by atomic mass is 9.95. The van der Waals surface area contributed by atoms with Crippen molar-refractivity contribution in [2.24, 2.45) is 5.92 Å². The highest BCUT2D eigenvalue weighted by molar-refractivity contribution is 5.74. The van der Waals surface area contributed by atoms with Crippen molar-refractivity contribution in [3.8, 4) is 5.88 Å². The Labute approximate surface area is 146 Å². The smallest absolute Gasteiger partial charge is 0.317 e. The zero-order valence-corrected chi connectivity index (χ0v) is 14.6. The van der Waals surface area contributed by atoms with Crippen molar-refractivity contribution >= 4 is 6.03 Å². The Bertz CT molecular complexity index is 718. The first-order valence-electron chi connectivity index (χ1n) is 8.46. The number of ether oxygens (including phenoxy) is 1. The van der Waals surface area contributed by atoms with Crippen LogP contribution in [0.5, 0.6) is 5.88 Å². The van der Waals surface area contributed by atoms with Crippen molar-refractivity contribution in [1.29, 1.82) is 0 Å². The summed E-state index contributed by atoms with van der Waals surface area (Å²) in [4.78, 5) is 22.8. The third-order valence-corrected chi connectivity index (χ3v) is 4.26. The second-order valence-corrected chi connectivity index (χ2v) is 6.22. The van der Waals surface area contributed by atoms with Gasteiger partial charge in [-0.15, -0.1) is 0 Å². The minimum Gasteiger partial charge on any atom is -0.481 e. The van der Waals surface area contributed by atoms with E-state index < -0.39 is 0 Å². The summed E-state index contributed by atoms with van der Waals surface area (Å²) in [6.45, 7) is 3.62. The van der Waals surface area contributed by atoms with E-state index in [0.29, 0.717) is 36.6 Å². The number of amides is 2. The van der Waals surface area contributed by atoms with Crippen molar-refractivity contribution in [1.82, 2.24) is 25.3 Å². The molecule has 0 radical (unpaired) electrons. The van der Waals surface area contributed by atoms with E-state index in [4.69, 9.17) is 9.26 Å². The van der Waals surface area contributed by atoms with E-state index in [1.165, 1.54) is 0 Å². The highest BCUT2D eigenvalue weighted by atomic mass is 16.5. The molecule has 0 spiro atoms. The maximum absolute atomic E-state index is 12.4. The molecule has 0 aliphatic carbocycles. The molecule has 0 aromatic carbocycles. The van der Waals surface area contributed by atoms with Crippen molar-refractivity contribution in [2.75, 3.05) is 20.2 Å². The monoisotopic (exact) mass is 345 g/mol. The van der Waals surface area contributed by atoms with Crippen molar-refractivity contribution in [3.63, 3.8) is 0 Å². The summed E-state index contributed by atoms with van der Waals surface area (Å²) in [5, 5.41) is 6.87. The maximum Gasteiger partial charge on any atom is 0.317 e. The molecule has 2 aromatic rings. The fourth-order valence-electron chi connectivity index (χ4n) is 3.05. The van der Waals surface area contributed by atoms with E-state index in [2.05, 4.69) is 20.4 Å². The Morgan fingerprint density at radius 3 is 3.08 bits per heavy atom. The lowest BCUT2D eigenvalue weighted by molar-refractivity contribution is 0.164. The van der Waals surface area contributed by atoms with Gasteiger partial charge < -0.3 is 19.5 Å². The molecule has 1 saturated heterocycles. The third kappa shape index (κ3) is 4.68. The first-order valence-corrected chi connectivity index (χ1v) is 8.46. The Balaban J connectivity index is 1.51. The minimum atomic E-state index is -0.0707. The summed E-state index contributed by atoms with van der Waals surface area (Å²) >= 11 is 0. The van der Waals surface area contributed by atoms with Gasteiger partial charge in [-0.05, 0) is 24.8 Å². The van der Waals surface area contributed by atoms with E-state index in [1.54, 1.807) is 20.1 Å². The van der Waals surface area contributed by atoms with Crippen LogP contribution in [0.4, 0.5) is 4.79 Å². The molecule has 3 heterocycles. The first-order chi connectivity index (χ1) is 12.1. The number of rotatable bonds is 5. The van der Waals surface area contributed by atoms with E-state index in [0.717, 1.165) is 31.5 Å². The molecule has 0 saturated carbocycles. The third-order valence-electron chi connectivity index (χ3n) is 4.26. The van der Waals surface area contributed by atoms with Gasteiger partial charge in [0.25, 0.3) is 0 Å². The van der Waals surface area contributed by atoms with Crippen molar-refractivity contribution in [3.05, 3.63) is 35.6 Å². The highest BCUT2D eigenvalue weighted by Crippen LogP contribution is 2.20. The van der Waals surface area contributed by atoms with Crippen molar-refractivity contribution < 1.29 is 14.1 Å². The second-order valence-electron chi connectivity index (χ2n) is 6.22. The lowest BCUT2D eigenvalue weighted by Crippen LogP contribution is -2.45. The number of likely N-dealkylation sites (tertiary alicyclic amines) is 1. The van der Waals surface area contributed by atoms with Gasteiger partial charge in [0.05, 0.1) is 19.3 Å². The number of aromatic nitrogens is 3. The molecule has 1 aliphatic rings. The van der Waals surface area contributed by atoms with Crippen LogP contribution < -0.4 is 10.1 Å². The number of nitrogens with one attached hydrogen (secondary N) is 1. The molecular weight excluding hydrogens is 322 g/mol. The van der Waals surface area contributed by atoms with Gasteiger partial charge in [0, 0.05) is 32.5 Å². The Hall–Kier alpha value is -2.64. The van der Waals surface area contributed by atoms with Crippen LogP contribution >= 0.6 is 0 Å². The van der Waals surface area contributed by atoms with E-state index in [-0.39, 0.29) is 6.03 Å². The minimum absolute atomic E-state index is 0.0707. The summed E-state index contributed by atoms with van der Waals surface area (Å²) in [5.74, 6) is 2.18. The number of carbonyl (C=O) groups is 1. The van der Waals surface area contributed by atoms with E-state index >= 15 is 0 Å². The summed E-state index contributed by atoms with van der Waals surface area (Å²) in [6.07, 6.45) is 2.78. The van der Waals surface area contributed by atoms with Gasteiger partial charge in [-0.1, -0.05) is 11.2 Å². The Morgan fingerprint density at radius 2 is 2.32 bits per heavy atom. The number of carbonyl (C=O) groups excluding carboxylic acids is 1. The molecule has 1 fully saturated rings. The van der Waals surface area contributed by atoms with Gasteiger partial charge >= 0.3 is 6.03 Å². The number of urea groups is 1. The molecule has 1 N–H and O–H groups in total. The van der Waals surface area contributed by atoms with Crippen LogP contribution in [0.1, 0.15) is 30.3 Å². The van der Waals surface area contributed by atoms with Crippen molar-refractivity contribution in [2.45, 2.75) is 32.7 Å². The molecule has 1 aliphatic heterocycles. The number of aryl methyl sites for hydroxylation is 1. The van der Waals surface area contributed by atoms with Crippen LogP contribution in [0.25, 0.3) is 0 Å². The standard InChI is InChI=1S/C17H23N5O3/c1-12-19-15(21-25-12)9-13-5-4-8-22(11-13)17(23)18-10-14-6-3-7-16(20-14)24-2/h3,6-7,13H,4-5,8-11H2,1-2H3,(H,18,23)/t13-/m1/s1. The summed E-state index contributed by atoms with van der Waals surface area (Å²) < 4.78 is 10.1. The second kappa shape index (κ2) is 7.96. The van der Waals surface area contributed by atoms with Gasteiger partial charge in [-0.25, -0.2) is 9.78 Å². The number of piperidine rings is 1. The highest BCUT2D eigenvalue weighted by Gasteiger charge is 2.25. The van der Waals surface area contributed by atoms with E-state index in [9.17, 15) is 4.79 Å². The number of methoxy groups -OCH3 is 1. The molecule has 2 aromatic heterocycles. The van der Waals surface area contributed by atoms with Crippen LogP contribution in [0.15, 0.2) is 22.7 Å². The molecule has 25 heavy (non-hydrogen) atoms. The average Bonchev–Trinajstić information content (AvgIpc) is 3.04. The van der Waals surface area contributed by atoms with Crippen LogP contribution in [0, 0.1) is 12.8 Å². The van der Waals surface area contributed by atoms with Gasteiger partial charge in [0.2, 0.25) is 11.8 Å². The van der Waals surface area contributed by atoms with Gasteiger partial charge in [0.15, 0.2) is 5.82 Å². The fraction of sp³-hybridized carbons (Fsp3) is 0.529. The number of hydrogen-bond donors (Lipinski definition) is 1. The zero-order chi connectivity index (χ0) is 17.6. The van der Waals surface area contributed by atoms with Crippen LogP contribution in [0.3, 0.4) is 0 Å². The molecule has 3 rings (SSSR count). The maximum atomic E-state index is 12.4. The Morgan fingerprint density at radius 1 is 1.44 bits per heavy atom. The molecule has 0 bridgehead atoms. The molecule has 8 nitrogen and oxygen atoms in total. The fourth-order valence-corrected chi connectivity index (χ4v) is 3.05. The van der Waals surface area contributed by atoms with Crippen LogP contribution in [-0.4, -0.2) is 46.3 Å². The first kappa shape index (κ1) is 17.2. The normalized spacial score (nSPS) is 17.4. The number of pyridine rings is 1. The summed E-state index contributed by atoms with van der Waals surface area (Å²) in [5.41, 5.74) is 0.767. The number of nitrogens with zero attached hydrogens (tertiary/aromatic N) is 4. The predicted octanol–water partition coefficient (Wildman–Crippen LogP) is 1.95. The lowest BCUT2D eigenvalue weighted by Gasteiger charge is -2.32. The topological polar surface area (TPSA) is 93.4 Å². The van der Waals surface area contributed by atoms with E-state index in [1.807, 2.05) is 17.0 Å². The molecule has 1 atom stereocenters. The summed E-state index contributed by atoms with van der Waals surface area (Å²) in [6, 6.07) is 5.43. The quantitative estimate of drug-likeness (QED) is 0.890. The zero-order valence-electron chi connectivity index (χ0n) is 14.6. The van der Waals surface area contributed by atoms with Crippen LogP contribution in [-0.2, 0) is 13.0 Å². The molecule has 2 amide bonds. The van der Waals surface area contributed by atoms with Gasteiger partial charge in [-0.2, -0.15) is 4.98 Å². The summed E-state index contributed by atoms with van der Waals surface area (Å²) in [7, 11) is 1.57. The molecule has 0 unspecified atom stereocenters. The SMILES string of the molecule is COc1cccc(CNC(=O)N2CCC[C@H](Cc3noc(C)n3)C2)n1. The Kier molecular flexibility index (Phi) is 5.47. The average molecular weight is 345 g/mol. The van der Waals surface area contributed by atoms with Gasteiger partial charge in [0.1, 0.15) is 0 Å². The largest absolute Gasteiger partial charge is 0.481 e. The molecule has 134 valence electrons. The predicted molar refractivity (Wildman–Crippen MR) is 90.1 cm³/mol. The molecule has 8 heteroatoms. The van der Waals surface area contributed by atoms with Crippen LogP contribution in [0.2, 0.25) is 0 Å². The molecular formula is C17H23N5O3.